The quantitative estimate of drug-likeness (QED) is 0.831. The van der Waals surface area contributed by atoms with Crippen LogP contribution in [0.4, 0.5) is 10.8 Å². The van der Waals surface area contributed by atoms with Gasteiger partial charge in [-0.3, -0.25) is 5.32 Å². The van der Waals surface area contributed by atoms with E-state index in [-0.39, 0.29) is 6.03 Å². The first-order valence-electron chi connectivity index (χ1n) is 6.71. The fraction of sp³-hybridized carbons (Fsp3) is 0.692. The van der Waals surface area contributed by atoms with Gasteiger partial charge in [0.1, 0.15) is 5.76 Å². The third-order valence-corrected chi connectivity index (χ3v) is 4.20. The zero-order valence-electron chi connectivity index (χ0n) is 11.6. The Kier molecular flexibility index (Phi) is 2.97. The van der Waals surface area contributed by atoms with Gasteiger partial charge < -0.3 is 14.2 Å². The van der Waals surface area contributed by atoms with Gasteiger partial charge in [0, 0.05) is 26.2 Å². The summed E-state index contributed by atoms with van der Waals surface area (Å²) < 4.78 is 5.38. The van der Waals surface area contributed by atoms with Crippen molar-refractivity contribution in [3.05, 3.63) is 11.5 Å². The lowest BCUT2D eigenvalue weighted by Crippen LogP contribution is -2.35. The number of aryl methyl sites for hydroxylation is 2. The van der Waals surface area contributed by atoms with Gasteiger partial charge in [-0.2, -0.15) is 4.98 Å². The molecule has 104 valence electrons. The van der Waals surface area contributed by atoms with Crippen LogP contribution in [0.2, 0.25) is 0 Å². The molecule has 2 fully saturated rings. The van der Waals surface area contributed by atoms with Gasteiger partial charge in [-0.25, -0.2) is 4.79 Å². The predicted octanol–water partition coefficient (Wildman–Crippen LogP) is 1.32. The second-order valence-electron chi connectivity index (χ2n) is 5.74. The number of amides is 2. The second-order valence-corrected chi connectivity index (χ2v) is 5.74. The van der Waals surface area contributed by atoms with Gasteiger partial charge in [-0.1, -0.05) is 0 Å². The Bertz CT molecular complexity index is 465. The summed E-state index contributed by atoms with van der Waals surface area (Å²) in [4.78, 5) is 20.5. The summed E-state index contributed by atoms with van der Waals surface area (Å²) in [5, 5.41) is 2.74. The van der Waals surface area contributed by atoms with E-state index < -0.39 is 0 Å². The monoisotopic (exact) mass is 264 g/mol. The first-order valence-corrected chi connectivity index (χ1v) is 6.71. The van der Waals surface area contributed by atoms with Crippen molar-refractivity contribution in [1.29, 1.82) is 0 Å². The molecule has 0 saturated carbocycles. The van der Waals surface area contributed by atoms with Crippen LogP contribution >= 0.6 is 0 Å². The van der Waals surface area contributed by atoms with Crippen LogP contribution in [0, 0.1) is 25.7 Å². The van der Waals surface area contributed by atoms with Crippen molar-refractivity contribution in [2.45, 2.75) is 13.8 Å². The van der Waals surface area contributed by atoms with E-state index in [1.54, 1.807) is 0 Å². The number of oxazole rings is 1. The lowest BCUT2D eigenvalue weighted by Gasteiger charge is -2.18. The molecule has 0 bridgehead atoms. The zero-order chi connectivity index (χ0) is 13.6. The highest BCUT2D eigenvalue weighted by atomic mass is 16.4. The van der Waals surface area contributed by atoms with Crippen molar-refractivity contribution in [3.8, 4) is 0 Å². The summed E-state index contributed by atoms with van der Waals surface area (Å²) in [6, 6.07) is 0.201. The highest BCUT2D eigenvalue weighted by Crippen LogP contribution is 2.30. The lowest BCUT2D eigenvalue weighted by atomic mass is 10.0. The third-order valence-electron chi connectivity index (χ3n) is 4.20. The summed E-state index contributed by atoms with van der Waals surface area (Å²) in [6.45, 7) is 7.55. The van der Waals surface area contributed by atoms with Gasteiger partial charge in [-0.05, 0) is 32.7 Å². The molecule has 2 atom stereocenters. The Morgan fingerprint density at radius 1 is 1.26 bits per heavy atom. The summed E-state index contributed by atoms with van der Waals surface area (Å²) >= 11 is 0. The van der Waals surface area contributed by atoms with Crippen molar-refractivity contribution in [2.75, 3.05) is 38.5 Å². The van der Waals surface area contributed by atoms with Crippen LogP contribution in [-0.2, 0) is 0 Å². The number of hydrogen-bond acceptors (Lipinski definition) is 4. The number of carbonyl (C=O) groups excluding carboxylic acids is 1. The average molecular weight is 264 g/mol. The minimum atomic E-state index is -0.0988. The van der Waals surface area contributed by atoms with E-state index in [4.69, 9.17) is 4.42 Å². The van der Waals surface area contributed by atoms with E-state index in [0.29, 0.717) is 17.9 Å². The number of urea groups is 1. The Morgan fingerprint density at radius 3 is 2.42 bits per heavy atom. The summed E-state index contributed by atoms with van der Waals surface area (Å²) in [6.07, 6.45) is 0. The summed E-state index contributed by atoms with van der Waals surface area (Å²) in [7, 11) is 2.14. The Balaban J connectivity index is 1.60. The van der Waals surface area contributed by atoms with Gasteiger partial charge in [0.15, 0.2) is 0 Å². The molecule has 3 rings (SSSR count). The second kappa shape index (κ2) is 4.52. The molecule has 19 heavy (non-hydrogen) atoms. The maximum absolute atomic E-state index is 12.1. The minimum absolute atomic E-state index is 0.0988. The van der Waals surface area contributed by atoms with Crippen LogP contribution in [0.15, 0.2) is 4.42 Å². The van der Waals surface area contributed by atoms with Crippen LogP contribution in [-0.4, -0.2) is 54.0 Å². The number of fused-ring (bicyclic) bond motifs is 1. The molecule has 2 aliphatic rings. The number of nitrogens with zero attached hydrogens (tertiary/aromatic N) is 3. The van der Waals surface area contributed by atoms with Crippen molar-refractivity contribution in [2.24, 2.45) is 11.8 Å². The highest BCUT2D eigenvalue weighted by Gasteiger charge is 2.40. The van der Waals surface area contributed by atoms with Crippen molar-refractivity contribution < 1.29 is 9.21 Å². The molecule has 1 aromatic heterocycles. The van der Waals surface area contributed by atoms with E-state index in [2.05, 4.69) is 22.2 Å². The first-order chi connectivity index (χ1) is 9.02. The molecule has 1 aromatic rings. The zero-order valence-corrected chi connectivity index (χ0v) is 11.6. The fourth-order valence-electron chi connectivity index (χ4n) is 3.09. The number of aromatic nitrogens is 1. The molecule has 0 spiro atoms. The Hall–Kier alpha value is -1.56. The molecule has 1 N–H and O–H groups in total. The number of anilines is 1. The van der Waals surface area contributed by atoms with E-state index in [1.165, 1.54) is 0 Å². The summed E-state index contributed by atoms with van der Waals surface area (Å²) in [5.74, 6) is 1.97. The van der Waals surface area contributed by atoms with E-state index in [1.807, 2.05) is 18.7 Å². The Morgan fingerprint density at radius 2 is 1.89 bits per heavy atom. The molecule has 2 saturated heterocycles. The van der Waals surface area contributed by atoms with Gasteiger partial charge in [0.05, 0.1) is 5.69 Å². The number of likely N-dealkylation sites (tertiary alicyclic amines) is 2. The molecule has 0 radical (unpaired) electrons. The number of rotatable bonds is 1. The van der Waals surface area contributed by atoms with Gasteiger partial charge in [0.25, 0.3) is 0 Å². The third kappa shape index (κ3) is 2.32. The van der Waals surface area contributed by atoms with Gasteiger partial charge in [0.2, 0.25) is 0 Å². The van der Waals surface area contributed by atoms with Crippen LogP contribution in [0.5, 0.6) is 0 Å². The molecular weight excluding hydrogens is 244 g/mol. The van der Waals surface area contributed by atoms with Crippen molar-refractivity contribution in [3.63, 3.8) is 0 Å². The highest BCUT2D eigenvalue weighted by molar-refractivity contribution is 5.87. The molecular formula is C13H20N4O2. The van der Waals surface area contributed by atoms with Crippen LogP contribution in [0.25, 0.3) is 0 Å². The Labute approximate surface area is 112 Å². The van der Waals surface area contributed by atoms with Gasteiger partial charge in [-0.15, -0.1) is 0 Å². The molecule has 0 aromatic carbocycles. The van der Waals surface area contributed by atoms with Crippen molar-refractivity contribution in [1.82, 2.24) is 14.8 Å². The average Bonchev–Trinajstić information content (AvgIpc) is 2.93. The van der Waals surface area contributed by atoms with Crippen LogP contribution < -0.4 is 5.32 Å². The number of carbonyl (C=O) groups is 1. The topological polar surface area (TPSA) is 61.6 Å². The first kappa shape index (κ1) is 12.5. The largest absolute Gasteiger partial charge is 0.428 e. The normalized spacial score (nSPS) is 26.8. The summed E-state index contributed by atoms with van der Waals surface area (Å²) in [5.41, 5.74) is 0.815. The smallest absolute Gasteiger partial charge is 0.325 e. The molecule has 0 aliphatic carbocycles. The molecule has 0 unspecified atom stereocenters. The van der Waals surface area contributed by atoms with Gasteiger partial charge >= 0.3 is 12.0 Å². The predicted molar refractivity (Wildman–Crippen MR) is 71.0 cm³/mol. The van der Waals surface area contributed by atoms with Crippen LogP contribution in [0.1, 0.15) is 11.5 Å². The molecule has 6 heteroatoms. The molecule has 3 heterocycles. The maximum Gasteiger partial charge on any atom is 0.325 e. The number of nitrogens with one attached hydrogen (secondary N) is 1. The SMILES string of the molecule is Cc1nc(NC(=O)N2C[C@H]3CN(C)C[C@H]3C2)oc1C. The van der Waals surface area contributed by atoms with Crippen molar-refractivity contribution >= 4 is 12.0 Å². The standard InChI is InChI=1S/C13H20N4O2/c1-8-9(2)19-12(14-8)15-13(18)17-6-10-4-16(3)5-11(10)7-17/h10-11H,4-7H2,1-3H3,(H,14,15,18)/t10-,11+. The van der Waals surface area contributed by atoms with E-state index in [9.17, 15) is 4.79 Å². The fourth-order valence-corrected chi connectivity index (χ4v) is 3.09. The minimum Gasteiger partial charge on any atom is -0.428 e. The molecule has 6 nitrogen and oxygen atoms in total. The lowest BCUT2D eigenvalue weighted by molar-refractivity contribution is 0.214. The number of hydrogen-bond donors (Lipinski definition) is 1. The molecule has 2 aliphatic heterocycles. The van der Waals surface area contributed by atoms with E-state index in [0.717, 1.165) is 37.6 Å². The maximum atomic E-state index is 12.1. The van der Waals surface area contributed by atoms with E-state index >= 15 is 0 Å². The van der Waals surface area contributed by atoms with Crippen LogP contribution in [0.3, 0.4) is 0 Å². The molecule has 2 amide bonds.